The van der Waals surface area contributed by atoms with Gasteiger partial charge in [-0.05, 0) is 0 Å². The molecule has 0 aliphatic rings. The molecule has 0 atom stereocenters. The van der Waals surface area contributed by atoms with Crippen LogP contribution in [-0.2, 0) is 35.0 Å². The van der Waals surface area contributed by atoms with Crippen LogP contribution in [-0.4, -0.2) is 0 Å². The van der Waals surface area contributed by atoms with Crippen molar-refractivity contribution in [2.24, 2.45) is 0 Å². The fourth-order valence-electron chi connectivity index (χ4n) is 0.449. The molecule has 0 aromatic heterocycles. The first-order valence-corrected chi connectivity index (χ1v) is 2.95. The van der Waals surface area contributed by atoms with Crippen molar-refractivity contribution in [1.29, 1.82) is 0 Å². The van der Waals surface area contributed by atoms with E-state index in [-0.39, 0.29) is 21.1 Å². The third-order valence-corrected chi connectivity index (χ3v) is 0.778. The zero-order chi connectivity index (χ0) is 10.9. The smallest absolute Gasteiger partial charge is 0 e. The van der Waals surface area contributed by atoms with E-state index in [0.717, 1.165) is 0 Å². The second kappa shape index (κ2) is 40.3. The standard InChI is InChI=1S/C7H7.3CO.Mo/c1-2-4-6-7-5-3-1;3*1-2;/h1-7H;;;;/q+1;;;;. The molecule has 70 valence electrons. The third kappa shape index (κ3) is 30.6. The Morgan fingerprint density at radius 1 is 0.643 bits per heavy atom. The SMILES string of the molecule is [C-]#[O+].[C-]#[O+].[C-]#[O+].[Mo].c1ccc[cH+]cc1. The Labute approximate surface area is 97.6 Å². The number of hydrogen-bond acceptors (Lipinski definition) is 0. The summed E-state index contributed by atoms with van der Waals surface area (Å²) in [4.78, 5) is 0. The molecule has 4 heteroatoms. The molecule has 1 aromatic rings. The molecule has 0 unspecified atom stereocenters. The molecule has 14 heavy (non-hydrogen) atoms. The van der Waals surface area contributed by atoms with Crippen LogP contribution in [0.15, 0.2) is 42.5 Å². The average Bonchev–Trinajstić information content (AvgIpc) is 2.58. The molecular formula is C10H7MoO3+. The van der Waals surface area contributed by atoms with Gasteiger partial charge in [0.05, 0.1) is 0 Å². The summed E-state index contributed by atoms with van der Waals surface area (Å²) >= 11 is 0. The average molecular weight is 271 g/mol. The Kier molecular flexibility index (Phi) is 66.6. The van der Waals surface area contributed by atoms with Crippen LogP contribution in [0, 0.1) is 20.0 Å². The van der Waals surface area contributed by atoms with Crippen LogP contribution in [0.2, 0.25) is 0 Å². The van der Waals surface area contributed by atoms with Crippen LogP contribution in [0.25, 0.3) is 0 Å². The van der Waals surface area contributed by atoms with E-state index in [1.54, 1.807) is 0 Å². The van der Waals surface area contributed by atoms with Gasteiger partial charge in [-0.25, -0.2) is 0 Å². The van der Waals surface area contributed by atoms with Gasteiger partial charge in [0, 0.05) is 63.5 Å². The maximum atomic E-state index is 7.50. The van der Waals surface area contributed by atoms with E-state index >= 15 is 0 Å². The van der Waals surface area contributed by atoms with Gasteiger partial charge < -0.3 is 0 Å². The monoisotopic (exact) mass is 273 g/mol. The minimum atomic E-state index is 0. The van der Waals surface area contributed by atoms with Gasteiger partial charge in [-0.3, -0.25) is 0 Å². The van der Waals surface area contributed by atoms with Crippen molar-refractivity contribution in [3.05, 3.63) is 62.4 Å². The predicted molar refractivity (Wildman–Crippen MR) is 42.6 cm³/mol. The van der Waals surface area contributed by atoms with E-state index < -0.39 is 0 Å². The maximum Gasteiger partial charge on any atom is 0.0467 e. The molecule has 0 saturated heterocycles. The molecule has 0 aliphatic carbocycles. The van der Waals surface area contributed by atoms with Crippen LogP contribution >= 0.6 is 0 Å². The van der Waals surface area contributed by atoms with E-state index in [0.29, 0.717) is 0 Å². The first-order valence-electron chi connectivity index (χ1n) is 2.95. The Bertz CT molecular complexity index is 182. The summed E-state index contributed by atoms with van der Waals surface area (Å²) in [5, 5.41) is 0. The van der Waals surface area contributed by atoms with Crippen LogP contribution in [0.1, 0.15) is 0 Å². The molecule has 0 aliphatic heterocycles. The second-order valence-corrected chi connectivity index (χ2v) is 1.35. The largest absolute Gasteiger partial charge is 0.0467 e. The number of rotatable bonds is 0. The third-order valence-electron chi connectivity index (χ3n) is 0.778. The van der Waals surface area contributed by atoms with Gasteiger partial charge in [0.15, 0.2) is 0 Å². The fraction of sp³-hybridized carbons (Fsp3) is 0. The van der Waals surface area contributed by atoms with E-state index in [1.165, 1.54) is 0 Å². The Hall–Kier alpha value is -1.00. The molecule has 0 amide bonds. The predicted octanol–water partition coefficient (Wildman–Crippen LogP) is 1.85. The van der Waals surface area contributed by atoms with Crippen molar-refractivity contribution in [3.63, 3.8) is 0 Å². The molecule has 1 aromatic carbocycles. The van der Waals surface area contributed by atoms with E-state index in [4.69, 9.17) is 14.0 Å². The molecule has 0 fully saturated rings. The molecule has 0 heterocycles. The van der Waals surface area contributed by atoms with Crippen LogP contribution in [0.5, 0.6) is 0 Å². The first-order chi connectivity index (χ1) is 6.50. The minimum absolute atomic E-state index is 0. The van der Waals surface area contributed by atoms with Gasteiger partial charge in [0.1, 0.15) is 0 Å². The van der Waals surface area contributed by atoms with Crippen molar-refractivity contribution in [1.82, 2.24) is 0 Å². The summed E-state index contributed by atoms with van der Waals surface area (Å²) in [6.07, 6.45) is 0. The van der Waals surface area contributed by atoms with Crippen LogP contribution in [0.4, 0.5) is 0 Å². The maximum absolute atomic E-state index is 7.50. The topological polar surface area (TPSA) is 59.7 Å². The molecule has 0 radical (unpaired) electrons. The zero-order valence-electron chi connectivity index (χ0n) is 7.17. The summed E-state index contributed by atoms with van der Waals surface area (Å²) < 4.78 is 22.5. The van der Waals surface area contributed by atoms with Crippen LogP contribution < -0.4 is 0 Å². The van der Waals surface area contributed by atoms with Gasteiger partial charge >= 0.3 is 33.9 Å². The molecule has 0 N–H and O–H groups in total. The van der Waals surface area contributed by atoms with E-state index in [1.807, 2.05) is 42.5 Å². The van der Waals surface area contributed by atoms with E-state index in [9.17, 15) is 0 Å². The molecule has 0 saturated carbocycles. The van der Waals surface area contributed by atoms with Gasteiger partial charge in [-0.1, -0.05) is 0 Å². The van der Waals surface area contributed by atoms with E-state index in [2.05, 4.69) is 20.0 Å². The Morgan fingerprint density at radius 2 is 0.929 bits per heavy atom. The molecular weight excluding hydrogens is 264 g/mol. The second-order valence-electron chi connectivity index (χ2n) is 1.35. The molecule has 0 spiro atoms. The first kappa shape index (κ1) is 23.1. The summed E-state index contributed by atoms with van der Waals surface area (Å²) in [6.45, 7) is 13.5. The van der Waals surface area contributed by atoms with Gasteiger partial charge in [0.25, 0.3) is 0 Å². The zero-order valence-corrected chi connectivity index (χ0v) is 9.18. The van der Waals surface area contributed by atoms with Crippen molar-refractivity contribution in [2.75, 3.05) is 0 Å². The summed E-state index contributed by atoms with van der Waals surface area (Å²) in [6, 6.07) is 14.0. The quantitative estimate of drug-likeness (QED) is 0.393. The summed E-state index contributed by atoms with van der Waals surface area (Å²) in [5.74, 6) is 0. The Balaban J connectivity index is -0.0000000625. The van der Waals surface area contributed by atoms with Crippen LogP contribution in [0.3, 0.4) is 0 Å². The van der Waals surface area contributed by atoms with Gasteiger partial charge in [-0.15, -0.1) is 0 Å². The van der Waals surface area contributed by atoms with Crippen molar-refractivity contribution in [3.8, 4) is 0 Å². The van der Waals surface area contributed by atoms with Gasteiger partial charge in [-0.2, -0.15) is 0 Å². The summed E-state index contributed by atoms with van der Waals surface area (Å²) in [7, 11) is 0. The van der Waals surface area contributed by atoms with Crippen molar-refractivity contribution < 1.29 is 35.0 Å². The minimum Gasteiger partial charge on any atom is 0 e. The number of hydrogen-bond donors (Lipinski definition) is 0. The Morgan fingerprint density at radius 3 is 1.21 bits per heavy atom. The molecule has 3 nitrogen and oxygen atoms in total. The molecule has 1 rings (SSSR count). The fourth-order valence-corrected chi connectivity index (χ4v) is 0.449. The normalized spacial score (nSPS) is 4.43. The summed E-state index contributed by atoms with van der Waals surface area (Å²) in [5.41, 5.74) is 0. The molecule has 0 bridgehead atoms. The van der Waals surface area contributed by atoms with Crippen molar-refractivity contribution >= 4 is 0 Å². The van der Waals surface area contributed by atoms with Gasteiger partial charge in [0.2, 0.25) is 0 Å². The van der Waals surface area contributed by atoms with Crippen molar-refractivity contribution in [2.45, 2.75) is 0 Å².